The molecule has 6 nitrogen and oxygen atoms in total. The first-order valence-electron chi connectivity index (χ1n) is 4.30. The van der Waals surface area contributed by atoms with E-state index in [2.05, 4.69) is 20.4 Å². The SMILES string of the molecule is c1coc(-c2nnc(-c3ccn[nH]3)o2)c1. The maximum atomic E-state index is 5.39. The third-order valence-corrected chi connectivity index (χ3v) is 1.89. The monoisotopic (exact) mass is 202 g/mol. The molecule has 3 rings (SSSR count). The zero-order valence-corrected chi connectivity index (χ0v) is 7.54. The normalized spacial score (nSPS) is 10.7. The number of nitrogens with zero attached hydrogens (tertiary/aromatic N) is 3. The van der Waals surface area contributed by atoms with E-state index in [0.717, 1.165) is 0 Å². The molecule has 6 heteroatoms. The molecular weight excluding hydrogens is 196 g/mol. The zero-order chi connectivity index (χ0) is 10.1. The minimum absolute atomic E-state index is 0.351. The van der Waals surface area contributed by atoms with Crippen LogP contribution in [0, 0.1) is 0 Å². The third-order valence-electron chi connectivity index (χ3n) is 1.89. The second-order valence-corrected chi connectivity index (χ2v) is 2.86. The second-order valence-electron chi connectivity index (χ2n) is 2.86. The van der Waals surface area contributed by atoms with Gasteiger partial charge in [-0.2, -0.15) is 5.10 Å². The highest BCUT2D eigenvalue weighted by molar-refractivity contribution is 5.49. The van der Waals surface area contributed by atoms with Gasteiger partial charge in [0.2, 0.25) is 0 Å². The summed E-state index contributed by atoms with van der Waals surface area (Å²) >= 11 is 0. The summed E-state index contributed by atoms with van der Waals surface area (Å²) in [5, 5.41) is 14.3. The molecule has 0 aromatic carbocycles. The first-order chi connectivity index (χ1) is 7.43. The molecule has 3 aromatic heterocycles. The minimum atomic E-state index is 0.351. The van der Waals surface area contributed by atoms with E-state index < -0.39 is 0 Å². The summed E-state index contributed by atoms with van der Waals surface area (Å²) in [7, 11) is 0. The highest BCUT2D eigenvalue weighted by Gasteiger charge is 2.12. The van der Waals surface area contributed by atoms with Crippen LogP contribution < -0.4 is 0 Å². The van der Waals surface area contributed by atoms with E-state index >= 15 is 0 Å². The quantitative estimate of drug-likeness (QED) is 0.684. The summed E-state index contributed by atoms with van der Waals surface area (Å²) in [6.07, 6.45) is 3.17. The second kappa shape index (κ2) is 3.09. The number of hydrogen-bond donors (Lipinski definition) is 1. The van der Waals surface area contributed by atoms with E-state index in [9.17, 15) is 0 Å². The van der Waals surface area contributed by atoms with Crippen LogP contribution in [0.2, 0.25) is 0 Å². The maximum Gasteiger partial charge on any atom is 0.283 e. The number of rotatable bonds is 2. The first kappa shape index (κ1) is 7.98. The predicted octanol–water partition coefficient (Wildman–Crippen LogP) is 1.72. The van der Waals surface area contributed by atoms with Crippen molar-refractivity contribution in [3.05, 3.63) is 30.7 Å². The van der Waals surface area contributed by atoms with Crippen LogP contribution in [0.15, 0.2) is 39.5 Å². The number of furan rings is 1. The van der Waals surface area contributed by atoms with Crippen molar-refractivity contribution in [3.63, 3.8) is 0 Å². The minimum Gasteiger partial charge on any atom is -0.459 e. The lowest BCUT2D eigenvalue weighted by Gasteiger charge is -1.86. The molecule has 0 atom stereocenters. The van der Waals surface area contributed by atoms with Crippen LogP contribution in [0.5, 0.6) is 0 Å². The van der Waals surface area contributed by atoms with Gasteiger partial charge in [-0.05, 0) is 18.2 Å². The molecule has 0 aliphatic rings. The van der Waals surface area contributed by atoms with Crippen LogP contribution in [-0.4, -0.2) is 20.4 Å². The molecule has 0 saturated carbocycles. The Kier molecular flexibility index (Phi) is 1.64. The van der Waals surface area contributed by atoms with Crippen LogP contribution in [0.3, 0.4) is 0 Å². The van der Waals surface area contributed by atoms with Crippen LogP contribution in [0.4, 0.5) is 0 Å². The van der Waals surface area contributed by atoms with Gasteiger partial charge in [-0.15, -0.1) is 10.2 Å². The van der Waals surface area contributed by atoms with E-state index in [1.807, 2.05) is 0 Å². The highest BCUT2D eigenvalue weighted by Crippen LogP contribution is 2.22. The lowest BCUT2D eigenvalue weighted by atomic mass is 10.4. The zero-order valence-electron chi connectivity index (χ0n) is 7.54. The van der Waals surface area contributed by atoms with Crippen molar-refractivity contribution in [3.8, 4) is 23.2 Å². The Bertz CT molecular complexity index is 490. The molecule has 0 bridgehead atoms. The van der Waals surface area contributed by atoms with Crippen LogP contribution in [-0.2, 0) is 0 Å². The molecule has 0 aliphatic heterocycles. The molecule has 0 saturated heterocycles. The summed E-state index contributed by atoms with van der Waals surface area (Å²) in [5.74, 6) is 1.29. The molecule has 3 heterocycles. The van der Waals surface area contributed by atoms with Gasteiger partial charge in [-0.1, -0.05) is 0 Å². The highest BCUT2D eigenvalue weighted by atomic mass is 16.4. The number of nitrogens with one attached hydrogen (secondary N) is 1. The summed E-state index contributed by atoms with van der Waals surface area (Å²) in [4.78, 5) is 0. The lowest BCUT2D eigenvalue weighted by Crippen LogP contribution is -1.76. The molecule has 15 heavy (non-hydrogen) atoms. The molecular formula is C9H6N4O2. The van der Waals surface area contributed by atoms with Gasteiger partial charge in [0, 0.05) is 6.20 Å². The van der Waals surface area contributed by atoms with Crippen molar-refractivity contribution in [2.24, 2.45) is 0 Å². The molecule has 0 spiro atoms. The maximum absolute atomic E-state index is 5.39. The topological polar surface area (TPSA) is 80.7 Å². The van der Waals surface area contributed by atoms with Crippen molar-refractivity contribution < 1.29 is 8.83 Å². The fraction of sp³-hybridized carbons (Fsp3) is 0. The summed E-state index contributed by atoms with van der Waals surface area (Å²) in [6, 6.07) is 5.26. The number of hydrogen-bond acceptors (Lipinski definition) is 5. The fourth-order valence-corrected chi connectivity index (χ4v) is 1.21. The average molecular weight is 202 g/mol. The van der Waals surface area contributed by atoms with E-state index in [4.69, 9.17) is 8.83 Å². The first-order valence-corrected chi connectivity index (χ1v) is 4.30. The van der Waals surface area contributed by atoms with Crippen molar-refractivity contribution in [1.29, 1.82) is 0 Å². The summed E-state index contributed by atoms with van der Waals surface area (Å²) < 4.78 is 10.5. The number of aromatic amines is 1. The van der Waals surface area contributed by atoms with Gasteiger partial charge in [0.05, 0.1) is 6.26 Å². The molecule has 0 unspecified atom stereocenters. The van der Waals surface area contributed by atoms with Gasteiger partial charge in [0.25, 0.3) is 11.8 Å². The molecule has 1 N–H and O–H groups in total. The average Bonchev–Trinajstić information content (AvgIpc) is 3.02. The van der Waals surface area contributed by atoms with Gasteiger partial charge >= 0.3 is 0 Å². The fourth-order valence-electron chi connectivity index (χ4n) is 1.21. The largest absolute Gasteiger partial charge is 0.459 e. The summed E-state index contributed by atoms with van der Waals surface area (Å²) in [5.41, 5.74) is 0.681. The number of aromatic nitrogens is 4. The van der Waals surface area contributed by atoms with E-state index in [0.29, 0.717) is 23.2 Å². The lowest BCUT2D eigenvalue weighted by molar-refractivity contribution is 0.522. The molecule has 0 amide bonds. The Morgan fingerprint density at radius 2 is 2.07 bits per heavy atom. The molecule has 0 fully saturated rings. The Morgan fingerprint density at radius 3 is 2.80 bits per heavy atom. The third kappa shape index (κ3) is 1.32. The summed E-state index contributed by atoms with van der Waals surface area (Å²) in [6.45, 7) is 0. The smallest absolute Gasteiger partial charge is 0.283 e. The van der Waals surface area contributed by atoms with Crippen molar-refractivity contribution in [2.75, 3.05) is 0 Å². The van der Waals surface area contributed by atoms with E-state index in [-0.39, 0.29) is 0 Å². The van der Waals surface area contributed by atoms with Crippen LogP contribution in [0.25, 0.3) is 23.2 Å². The molecule has 0 radical (unpaired) electrons. The number of H-pyrrole nitrogens is 1. The molecule has 74 valence electrons. The Balaban J connectivity index is 2.02. The van der Waals surface area contributed by atoms with Gasteiger partial charge in [0.1, 0.15) is 5.69 Å². The van der Waals surface area contributed by atoms with E-state index in [1.54, 1.807) is 30.7 Å². The van der Waals surface area contributed by atoms with Gasteiger partial charge in [-0.3, -0.25) is 5.10 Å². The molecule has 3 aromatic rings. The van der Waals surface area contributed by atoms with E-state index in [1.165, 1.54) is 0 Å². The standard InChI is InChI=1S/C9H6N4O2/c1-2-7(14-5-1)9-13-12-8(15-9)6-3-4-10-11-6/h1-5H,(H,10,11). The van der Waals surface area contributed by atoms with Crippen LogP contribution in [0.1, 0.15) is 0 Å². The van der Waals surface area contributed by atoms with Gasteiger partial charge in [-0.25, -0.2) is 0 Å². The van der Waals surface area contributed by atoms with Crippen molar-refractivity contribution >= 4 is 0 Å². The Labute approximate surface area is 83.9 Å². The Hall–Kier alpha value is -2.37. The van der Waals surface area contributed by atoms with Crippen molar-refractivity contribution in [2.45, 2.75) is 0 Å². The predicted molar refractivity (Wildman–Crippen MR) is 49.6 cm³/mol. The molecule has 0 aliphatic carbocycles. The van der Waals surface area contributed by atoms with Crippen molar-refractivity contribution in [1.82, 2.24) is 20.4 Å². The van der Waals surface area contributed by atoms with Gasteiger partial charge < -0.3 is 8.83 Å². The van der Waals surface area contributed by atoms with Gasteiger partial charge in [0.15, 0.2) is 5.76 Å². The Morgan fingerprint density at radius 1 is 1.13 bits per heavy atom. The van der Waals surface area contributed by atoms with Crippen LogP contribution >= 0.6 is 0 Å².